The first-order valence-corrected chi connectivity index (χ1v) is 5.94. The van der Waals surface area contributed by atoms with Gasteiger partial charge in [0.15, 0.2) is 0 Å². The van der Waals surface area contributed by atoms with Crippen LogP contribution in [0.15, 0.2) is 41.0 Å². The Labute approximate surface area is 108 Å². The lowest BCUT2D eigenvalue weighted by Crippen LogP contribution is -2.01. The number of halogens is 2. The van der Waals surface area contributed by atoms with Gasteiger partial charge in [-0.1, -0.05) is 6.07 Å². The second-order valence-electron chi connectivity index (χ2n) is 3.63. The van der Waals surface area contributed by atoms with E-state index in [1.165, 1.54) is 12.1 Å². The Morgan fingerprint density at radius 1 is 1.35 bits per heavy atom. The zero-order chi connectivity index (χ0) is 12.3. The molecule has 0 saturated carbocycles. The average Bonchev–Trinajstić information content (AvgIpc) is 2.32. The van der Waals surface area contributed by atoms with E-state index in [0.29, 0.717) is 12.4 Å². The molecular formula is C13H11BrFNO. The van der Waals surface area contributed by atoms with Crippen molar-refractivity contribution in [2.75, 3.05) is 0 Å². The van der Waals surface area contributed by atoms with Crippen molar-refractivity contribution in [3.63, 3.8) is 0 Å². The van der Waals surface area contributed by atoms with E-state index in [9.17, 15) is 4.39 Å². The van der Waals surface area contributed by atoms with E-state index in [4.69, 9.17) is 4.74 Å². The number of hydrogen-bond acceptors (Lipinski definition) is 2. The summed E-state index contributed by atoms with van der Waals surface area (Å²) in [6, 6.07) is 8.19. The zero-order valence-electron chi connectivity index (χ0n) is 9.28. The van der Waals surface area contributed by atoms with Gasteiger partial charge in [-0.3, -0.25) is 4.98 Å². The van der Waals surface area contributed by atoms with Crippen LogP contribution in [-0.2, 0) is 6.61 Å². The van der Waals surface area contributed by atoms with Crippen LogP contribution >= 0.6 is 15.9 Å². The minimum absolute atomic E-state index is 0.319. The lowest BCUT2D eigenvalue weighted by atomic mass is 10.2. The lowest BCUT2D eigenvalue weighted by Gasteiger charge is -2.09. The van der Waals surface area contributed by atoms with Gasteiger partial charge in [0, 0.05) is 12.3 Å². The summed E-state index contributed by atoms with van der Waals surface area (Å²) >= 11 is 3.31. The Morgan fingerprint density at radius 2 is 2.18 bits per heavy atom. The number of hydrogen-bond donors (Lipinski definition) is 0. The fraction of sp³-hybridized carbons (Fsp3) is 0.154. The Bertz CT molecular complexity index is 531. The molecule has 0 aliphatic carbocycles. The Kier molecular flexibility index (Phi) is 3.74. The Morgan fingerprint density at radius 3 is 2.94 bits per heavy atom. The van der Waals surface area contributed by atoms with Gasteiger partial charge in [-0.2, -0.15) is 0 Å². The number of benzene rings is 1. The number of rotatable bonds is 3. The SMILES string of the molecule is Cc1cccnc1COc1cc(F)ccc1Br. The van der Waals surface area contributed by atoms with Gasteiger partial charge in [0.2, 0.25) is 0 Å². The molecule has 0 saturated heterocycles. The van der Waals surface area contributed by atoms with Gasteiger partial charge in [0.25, 0.3) is 0 Å². The molecule has 1 heterocycles. The van der Waals surface area contributed by atoms with E-state index in [0.717, 1.165) is 15.7 Å². The van der Waals surface area contributed by atoms with Crippen LogP contribution in [-0.4, -0.2) is 4.98 Å². The molecule has 17 heavy (non-hydrogen) atoms. The van der Waals surface area contributed by atoms with Crippen molar-refractivity contribution < 1.29 is 9.13 Å². The van der Waals surface area contributed by atoms with Crippen molar-refractivity contribution in [2.24, 2.45) is 0 Å². The van der Waals surface area contributed by atoms with Crippen molar-refractivity contribution >= 4 is 15.9 Å². The van der Waals surface area contributed by atoms with Gasteiger partial charge < -0.3 is 4.74 Å². The molecule has 0 aliphatic rings. The van der Waals surface area contributed by atoms with Gasteiger partial charge >= 0.3 is 0 Å². The van der Waals surface area contributed by atoms with E-state index in [-0.39, 0.29) is 5.82 Å². The van der Waals surface area contributed by atoms with Crippen molar-refractivity contribution in [1.29, 1.82) is 0 Å². The molecule has 2 nitrogen and oxygen atoms in total. The number of nitrogens with zero attached hydrogens (tertiary/aromatic N) is 1. The van der Waals surface area contributed by atoms with Crippen LogP contribution in [0.3, 0.4) is 0 Å². The lowest BCUT2D eigenvalue weighted by molar-refractivity contribution is 0.297. The van der Waals surface area contributed by atoms with Crippen LogP contribution in [0.1, 0.15) is 11.3 Å². The molecule has 0 bridgehead atoms. The maximum Gasteiger partial charge on any atom is 0.136 e. The summed E-state index contributed by atoms with van der Waals surface area (Å²) in [5, 5.41) is 0. The summed E-state index contributed by atoms with van der Waals surface area (Å²) < 4.78 is 19.3. The second kappa shape index (κ2) is 5.27. The molecule has 0 spiro atoms. The van der Waals surface area contributed by atoms with Crippen LogP contribution in [0.2, 0.25) is 0 Å². The minimum Gasteiger partial charge on any atom is -0.486 e. The number of aryl methyl sites for hydroxylation is 1. The topological polar surface area (TPSA) is 22.1 Å². The van der Waals surface area contributed by atoms with E-state index >= 15 is 0 Å². The highest BCUT2D eigenvalue weighted by Gasteiger charge is 2.05. The summed E-state index contributed by atoms with van der Waals surface area (Å²) in [6.07, 6.45) is 1.71. The van der Waals surface area contributed by atoms with Crippen LogP contribution in [0, 0.1) is 12.7 Å². The highest BCUT2D eigenvalue weighted by molar-refractivity contribution is 9.10. The van der Waals surface area contributed by atoms with Crippen LogP contribution in [0.4, 0.5) is 4.39 Å². The quantitative estimate of drug-likeness (QED) is 0.857. The maximum absolute atomic E-state index is 13.0. The van der Waals surface area contributed by atoms with Gasteiger partial charge in [0.05, 0.1) is 10.2 Å². The van der Waals surface area contributed by atoms with E-state index < -0.39 is 0 Å². The molecule has 0 radical (unpaired) electrons. The maximum atomic E-state index is 13.0. The van der Waals surface area contributed by atoms with Crippen LogP contribution in [0.5, 0.6) is 5.75 Å². The highest BCUT2D eigenvalue weighted by atomic mass is 79.9. The Balaban J connectivity index is 2.12. The second-order valence-corrected chi connectivity index (χ2v) is 4.48. The van der Waals surface area contributed by atoms with Gasteiger partial charge in [-0.15, -0.1) is 0 Å². The summed E-state index contributed by atoms with van der Waals surface area (Å²) in [5.41, 5.74) is 1.91. The monoisotopic (exact) mass is 295 g/mol. The molecule has 0 N–H and O–H groups in total. The molecule has 0 aliphatic heterocycles. The van der Waals surface area contributed by atoms with Crippen LogP contribution < -0.4 is 4.74 Å². The van der Waals surface area contributed by atoms with Crippen molar-refractivity contribution in [1.82, 2.24) is 4.98 Å². The third kappa shape index (κ3) is 3.03. The zero-order valence-corrected chi connectivity index (χ0v) is 10.9. The smallest absolute Gasteiger partial charge is 0.136 e. The summed E-state index contributed by atoms with van der Waals surface area (Å²) in [7, 11) is 0. The Hall–Kier alpha value is -1.42. The first-order chi connectivity index (χ1) is 8.16. The first kappa shape index (κ1) is 12.0. The number of ether oxygens (including phenoxy) is 1. The largest absolute Gasteiger partial charge is 0.486 e. The third-order valence-electron chi connectivity index (χ3n) is 2.38. The fourth-order valence-corrected chi connectivity index (χ4v) is 1.76. The van der Waals surface area contributed by atoms with Gasteiger partial charge in [0.1, 0.15) is 18.2 Å². The first-order valence-electron chi connectivity index (χ1n) is 5.15. The predicted molar refractivity (Wildman–Crippen MR) is 67.4 cm³/mol. The molecule has 0 amide bonds. The summed E-state index contributed by atoms with van der Waals surface area (Å²) in [6.45, 7) is 2.29. The average molecular weight is 296 g/mol. The van der Waals surface area contributed by atoms with Gasteiger partial charge in [-0.25, -0.2) is 4.39 Å². The van der Waals surface area contributed by atoms with E-state index in [2.05, 4.69) is 20.9 Å². The normalized spacial score (nSPS) is 10.3. The molecular weight excluding hydrogens is 285 g/mol. The highest BCUT2D eigenvalue weighted by Crippen LogP contribution is 2.26. The van der Waals surface area contributed by atoms with Crippen LogP contribution in [0.25, 0.3) is 0 Å². The van der Waals surface area contributed by atoms with E-state index in [1.54, 1.807) is 12.3 Å². The molecule has 1 aromatic carbocycles. The molecule has 4 heteroatoms. The molecule has 0 atom stereocenters. The number of aromatic nitrogens is 1. The van der Waals surface area contributed by atoms with Crippen molar-refractivity contribution in [3.8, 4) is 5.75 Å². The fourth-order valence-electron chi connectivity index (χ4n) is 1.40. The van der Waals surface area contributed by atoms with E-state index in [1.807, 2.05) is 19.1 Å². The summed E-state index contributed by atoms with van der Waals surface area (Å²) in [4.78, 5) is 4.21. The standard InChI is InChI=1S/C13H11BrFNO/c1-9-3-2-6-16-12(9)8-17-13-7-10(15)4-5-11(13)14/h2-7H,8H2,1H3. The molecule has 88 valence electrons. The molecule has 0 fully saturated rings. The predicted octanol–water partition coefficient (Wildman–Crippen LogP) is 3.87. The molecule has 1 aromatic heterocycles. The van der Waals surface area contributed by atoms with Gasteiger partial charge in [-0.05, 0) is 46.6 Å². The molecule has 2 rings (SSSR count). The molecule has 2 aromatic rings. The number of pyridine rings is 1. The van der Waals surface area contributed by atoms with Crippen molar-refractivity contribution in [2.45, 2.75) is 13.5 Å². The third-order valence-corrected chi connectivity index (χ3v) is 3.03. The molecule has 0 unspecified atom stereocenters. The van der Waals surface area contributed by atoms with Crippen molar-refractivity contribution in [3.05, 3.63) is 58.1 Å². The summed E-state index contributed by atoms with van der Waals surface area (Å²) in [5.74, 6) is 0.163. The minimum atomic E-state index is -0.319.